The summed E-state index contributed by atoms with van der Waals surface area (Å²) in [6, 6.07) is 0.327. The summed E-state index contributed by atoms with van der Waals surface area (Å²) < 4.78 is 0. The van der Waals surface area contributed by atoms with Gasteiger partial charge in [-0.3, -0.25) is 9.69 Å². The lowest BCUT2D eigenvalue weighted by Crippen LogP contribution is -2.44. The summed E-state index contributed by atoms with van der Waals surface area (Å²) in [5.74, 6) is 0.621. The summed E-state index contributed by atoms with van der Waals surface area (Å²) in [5.41, 5.74) is 0. The first-order valence-corrected chi connectivity index (χ1v) is 7.19. The second-order valence-corrected chi connectivity index (χ2v) is 6.13. The second-order valence-electron chi connectivity index (χ2n) is 6.13. The van der Waals surface area contributed by atoms with Crippen molar-refractivity contribution < 1.29 is 9.90 Å². The van der Waals surface area contributed by atoms with E-state index in [4.69, 9.17) is 0 Å². The van der Waals surface area contributed by atoms with Crippen molar-refractivity contribution >= 4 is 5.91 Å². The van der Waals surface area contributed by atoms with E-state index in [2.05, 4.69) is 18.7 Å². The zero-order valence-electron chi connectivity index (χ0n) is 11.8. The second kappa shape index (κ2) is 5.57. The summed E-state index contributed by atoms with van der Waals surface area (Å²) in [5, 5.41) is 9.86. The van der Waals surface area contributed by atoms with Gasteiger partial charge in [-0.05, 0) is 46.1 Å². The third-order valence-corrected chi connectivity index (χ3v) is 4.51. The predicted octanol–water partition coefficient (Wildman–Crippen LogP) is 1.09. The van der Waals surface area contributed by atoms with Gasteiger partial charge in [0.05, 0.1) is 12.1 Å². The molecule has 0 aromatic heterocycles. The van der Waals surface area contributed by atoms with Crippen LogP contribution in [0, 0.1) is 5.92 Å². The molecule has 4 nitrogen and oxygen atoms in total. The van der Waals surface area contributed by atoms with Crippen LogP contribution >= 0.6 is 0 Å². The first-order chi connectivity index (χ1) is 8.50. The molecule has 1 aliphatic carbocycles. The number of rotatable bonds is 4. The molecular weight excluding hydrogens is 228 g/mol. The summed E-state index contributed by atoms with van der Waals surface area (Å²) >= 11 is 0. The minimum absolute atomic E-state index is 0.0280. The fourth-order valence-electron chi connectivity index (χ4n) is 3.34. The molecule has 0 aromatic rings. The first kappa shape index (κ1) is 13.8. The third-order valence-electron chi connectivity index (χ3n) is 4.51. The van der Waals surface area contributed by atoms with Gasteiger partial charge in [0.15, 0.2) is 0 Å². The summed E-state index contributed by atoms with van der Waals surface area (Å²) in [6.45, 7) is 5.87. The molecule has 1 aliphatic heterocycles. The minimum atomic E-state index is -0.162. The molecule has 1 saturated heterocycles. The van der Waals surface area contributed by atoms with Crippen molar-refractivity contribution in [2.24, 2.45) is 5.92 Å². The van der Waals surface area contributed by atoms with E-state index < -0.39 is 0 Å². The maximum atomic E-state index is 12.3. The van der Waals surface area contributed by atoms with Crippen molar-refractivity contribution in [2.75, 3.05) is 20.1 Å². The van der Waals surface area contributed by atoms with Crippen LogP contribution in [-0.4, -0.2) is 59.1 Å². The Morgan fingerprint density at radius 2 is 2.11 bits per heavy atom. The fourth-order valence-corrected chi connectivity index (χ4v) is 3.34. The number of likely N-dealkylation sites (tertiary alicyclic amines) is 1. The smallest absolute Gasteiger partial charge is 0.240 e. The van der Waals surface area contributed by atoms with Crippen LogP contribution in [0.15, 0.2) is 0 Å². The summed E-state index contributed by atoms with van der Waals surface area (Å²) in [6.07, 6.45) is 3.91. The number of amides is 1. The largest absolute Gasteiger partial charge is 0.393 e. The maximum absolute atomic E-state index is 12.3. The molecule has 0 radical (unpaired) electrons. The molecule has 2 fully saturated rings. The Balaban J connectivity index is 1.90. The van der Waals surface area contributed by atoms with Gasteiger partial charge in [0.2, 0.25) is 5.91 Å². The van der Waals surface area contributed by atoms with E-state index >= 15 is 0 Å². The Hall–Kier alpha value is -0.610. The van der Waals surface area contributed by atoms with Crippen LogP contribution in [0.5, 0.6) is 0 Å². The molecule has 3 unspecified atom stereocenters. The molecule has 2 rings (SSSR count). The van der Waals surface area contributed by atoms with Crippen LogP contribution in [0.25, 0.3) is 0 Å². The highest BCUT2D eigenvalue weighted by Gasteiger charge is 2.37. The highest BCUT2D eigenvalue weighted by molar-refractivity contribution is 5.84. The van der Waals surface area contributed by atoms with Crippen LogP contribution in [0.4, 0.5) is 0 Å². The SMILES string of the molecule is CC(C)N1CCC(N(C)CC2CCCC2O)C1=O. The number of carbonyl (C=O) groups is 1. The van der Waals surface area contributed by atoms with E-state index in [9.17, 15) is 9.90 Å². The molecule has 0 aromatic carbocycles. The van der Waals surface area contributed by atoms with E-state index in [1.165, 1.54) is 0 Å². The number of hydrogen-bond donors (Lipinski definition) is 1. The van der Waals surface area contributed by atoms with E-state index in [-0.39, 0.29) is 18.1 Å². The fraction of sp³-hybridized carbons (Fsp3) is 0.929. The molecule has 2 aliphatic rings. The van der Waals surface area contributed by atoms with Gasteiger partial charge >= 0.3 is 0 Å². The molecule has 1 N–H and O–H groups in total. The normalized spacial score (nSPS) is 33.1. The molecule has 4 heteroatoms. The van der Waals surface area contributed by atoms with Crippen molar-refractivity contribution in [3.63, 3.8) is 0 Å². The van der Waals surface area contributed by atoms with Crippen molar-refractivity contribution in [3.05, 3.63) is 0 Å². The van der Waals surface area contributed by atoms with Crippen molar-refractivity contribution in [1.29, 1.82) is 0 Å². The lowest BCUT2D eigenvalue weighted by molar-refractivity contribution is -0.133. The quantitative estimate of drug-likeness (QED) is 0.816. The Kier molecular flexibility index (Phi) is 4.28. The third kappa shape index (κ3) is 2.69. The van der Waals surface area contributed by atoms with Crippen LogP contribution in [0.2, 0.25) is 0 Å². The highest BCUT2D eigenvalue weighted by Crippen LogP contribution is 2.28. The molecule has 0 bridgehead atoms. The van der Waals surface area contributed by atoms with Crippen molar-refractivity contribution in [3.8, 4) is 0 Å². The zero-order valence-corrected chi connectivity index (χ0v) is 11.8. The van der Waals surface area contributed by atoms with E-state index in [0.717, 1.165) is 38.8 Å². The minimum Gasteiger partial charge on any atom is -0.393 e. The molecule has 1 heterocycles. The summed E-state index contributed by atoms with van der Waals surface area (Å²) in [4.78, 5) is 16.4. The molecule has 104 valence electrons. The molecule has 3 atom stereocenters. The van der Waals surface area contributed by atoms with Gasteiger partial charge < -0.3 is 10.0 Å². The van der Waals surface area contributed by atoms with Gasteiger partial charge in [-0.2, -0.15) is 0 Å². The predicted molar refractivity (Wildman–Crippen MR) is 71.2 cm³/mol. The van der Waals surface area contributed by atoms with Gasteiger partial charge in [0, 0.05) is 19.1 Å². The van der Waals surface area contributed by atoms with Gasteiger partial charge in [0.1, 0.15) is 0 Å². The molecule has 1 amide bonds. The van der Waals surface area contributed by atoms with Crippen LogP contribution < -0.4 is 0 Å². The number of likely N-dealkylation sites (N-methyl/N-ethyl adjacent to an activating group) is 1. The highest BCUT2D eigenvalue weighted by atomic mass is 16.3. The van der Waals surface area contributed by atoms with Crippen LogP contribution in [0.3, 0.4) is 0 Å². The standard InChI is InChI=1S/C14H26N2O2/c1-10(2)16-8-7-12(14(16)18)15(3)9-11-5-4-6-13(11)17/h10-13,17H,4-9H2,1-3H3. The van der Waals surface area contributed by atoms with Gasteiger partial charge in [-0.25, -0.2) is 0 Å². The van der Waals surface area contributed by atoms with Crippen LogP contribution in [0.1, 0.15) is 39.5 Å². The average Bonchev–Trinajstić information content (AvgIpc) is 2.86. The molecule has 1 saturated carbocycles. The molecular formula is C14H26N2O2. The van der Waals surface area contributed by atoms with Gasteiger partial charge in [-0.1, -0.05) is 6.42 Å². The van der Waals surface area contributed by atoms with Crippen molar-refractivity contribution in [1.82, 2.24) is 9.80 Å². The number of nitrogens with zero attached hydrogens (tertiary/aromatic N) is 2. The Bertz CT molecular complexity index is 306. The first-order valence-electron chi connectivity index (χ1n) is 7.19. The number of carbonyl (C=O) groups excluding carboxylic acids is 1. The molecule has 0 spiro atoms. The lowest BCUT2D eigenvalue weighted by Gasteiger charge is -2.28. The van der Waals surface area contributed by atoms with E-state index in [1.54, 1.807) is 0 Å². The number of aliphatic hydroxyl groups excluding tert-OH is 1. The zero-order chi connectivity index (χ0) is 13.3. The average molecular weight is 254 g/mol. The number of hydrogen-bond acceptors (Lipinski definition) is 3. The van der Waals surface area contributed by atoms with Crippen LogP contribution in [-0.2, 0) is 4.79 Å². The maximum Gasteiger partial charge on any atom is 0.240 e. The number of aliphatic hydroxyl groups is 1. The Labute approximate surface area is 110 Å². The topological polar surface area (TPSA) is 43.8 Å². The van der Waals surface area contributed by atoms with Gasteiger partial charge in [-0.15, -0.1) is 0 Å². The molecule has 18 heavy (non-hydrogen) atoms. The monoisotopic (exact) mass is 254 g/mol. The van der Waals surface area contributed by atoms with E-state index in [0.29, 0.717) is 12.0 Å². The van der Waals surface area contributed by atoms with Crippen molar-refractivity contribution in [2.45, 2.75) is 57.7 Å². The lowest BCUT2D eigenvalue weighted by atomic mass is 10.0. The summed E-state index contributed by atoms with van der Waals surface area (Å²) in [7, 11) is 2.03. The van der Waals surface area contributed by atoms with E-state index in [1.807, 2.05) is 11.9 Å². The Morgan fingerprint density at radius 1 is 1.39 bits per heavy atom. The van der Waals surface area contributed by atoms with Gasteiger partial charge in [0.25, 0.3) is 0 Å². The Morgan fingerprint density at radius 3 is 2.61 bits per heavy atom.